The first-order chi connectivity index (χ1) is 10.5. The van der Waals surface area contributed by atoms with E-state index in [0.29, 0.717) is 6.42 Å². The average molecular weight is 334 g/mol. The van der Waals surface area contributed by atoms with Crippen LogP contribution in [0.2, 0.25) is 0 Å². The molecule has 7 unspecified atom stereocenters. The summed E-state index contributed by atoms with van der Waals surface area (Å²) < 4.78 is 17.5. The molecule has 0 saturated carbocycles. The standard InChI is InChI=1S/C16H30O7/c1-8-6-10(16(4,5)23-15(8,2)3)22-14-13(20)12(19)11(18)9(7-17)21-14/h8-14,17-20H,6-7H2,1-5H3. The van der Waals surface area contributed by atoms with E-state index < -0.39 is 42.9 Å². The van der Waals surface area contributed by atoms with E-state index in [2.05, 4.69) is 6.92 Å². The van der Waals surface area contributed by atoms with Crippen molar-refractivity contribution in [1.29, 1.82) is 0 Å². The van der Waals surface area contributed by atoms with Gasteiger partial charge in [-0.1, -0.05) is 6.92 Å². The molecule has 2 heterocycles. The quantitative estimate of drug-likeness (QED) is 0.565. The van der Waals surface area contributed by atoms with E-state index in [4.69, 9.17) is 14.2 Å². The van der Waals surface area contributed by atoms with Gasteiger partial charge >= 0.3 is 0 Å². The molecule has 0 aromatic carbocycles. The lowest BCUT2D eigenvalue weighted by Gasteiger charge is -2.51. The molecule has 23 heavy (non-hydrogen) atoms. The molecule has 4 N–H and O–H groups in total. The maximum Gasteiger partial charge on any atom is 0.187 e. The van der Waals surface area contributed by atoms with Gasteiger partial charge in [-0.3, -0.25) is 0 Å². The average Bonchev–Trinajstić information content (AvgIpc) is 2.44. The van der Waals surface area contributed by atoms with Crippen LogP contribution in [0.4, 0.5) is 0 Å². The van der Waals surface area contributed by atoms with Gasteiger partial charge in [0.25, 0.3) is 0 Å². The van der Waals surface area contributed by atoms with Crippen molar-refractivity contribution in [2.45, 2.75) is 89.1 Å². The summed E-state index contributed by atoms with van der Waals surface area (Å²) in [6, 6.07) is 0. The van der Waals surface area contributed by atoms with Crippen LogP contribution < -0.4 is 0 Å². The third kappa shape index (κ3) is 3.71. The van der Waals surface area contributed by atoms with Crippen molar-refractivity contribution in [2.75, 3.05) is 6.61 Å². The third-order valence-electron chi connectivity index (χ3n) is 5.20. The van der Waals surface area contributed by atoms with Crippen molar-refractivity contribution in [1.82, 2.24) is 0 Å². The summed E-state index contributed by atoms with van der Waals surface area (Å²) in [5.74, 6) is 0.227. The molecule has 0 radical (unpaired) electrons. The molecule has 2 fully saturated rings. The maximum absolute atomic E-state index is 10.1. The number of aliphatic hydroxyl groups is 4. The lowest BCUT2D eigenvalue weighted by molar-refractivity contribution is -0.340. The molecule has 0 amide bonds. The number of rotatable bonds is 3. The Morgan fingerprint density at radius 3 is 2.17 bits per heavy atom. The molecule has 2 aliphatic rings. The fraction of sp³-hybridized carbons (Fsp3) is 1.00. The number of aliphatic hydroxyl groups excluding tert-OH is 4. The number of hydrogen-bond acceptors (Lipinski definition) is 7. The van der Waals surface area contributed by atoms with Gasteiger partial charge in [0.1, 0.15) is 24.4 Å². The Morgan fingerprint density at radius 1 is 1.00 bits per heavy atom. The van der Waals surface area contributed by atoms with Gasteiger partial charge in [-0.05, 0) is 40.0 Å². The highest BCUT2D eigenvalue weighted by atomic mass is 16.7. The molecule has 136 valence electrons. The summed E-state index contributed by atoms with van der Waals surface area (Å²) in [4.78, 5) is 0. The van der Waals surface area contributed by atoms with Crippen LogP contribution >= 0.6 is 0 Å². The predicted octanol–water partition coefficient (Wildman–Crippen LogP) is -0.215. The van der Waals surface area contributed by atoms with Crippen molar-refractivity contribution in [3.63, 3.8) is 0 Å². The predicted molar refractivity (Wildman–Crippen MR) is 81.7 cm³/mol. The third-order valence-corrected chi connectivity index (χ3v) is 5.20. The molecule has 0 bridgehead atoms. The molecule has 7 atom stereocenters. The van der Waals surface area contributed by atoms with Crippen molar-refractivity contribution in [3.8, 4) is 0 Å². The number of hydrogen-bond donors (Lipinski definition) is 4. The molecule has 0 aliphatic carbocycles. The van der Waals surface area contributed by atoms with E-state index in [1.165, 1.54) is 0 Å². The van der Waals surface area contributed by atoms with Crippen LogP contribution in [0.1, 0.15) is 41.0 Å². The molecular weight excluding hydrogens is 304 g/mol. The largest absolute Gasteiger partial charge is 0.394 e. The maximum atomic E-state index is 10.1. The Kier molecular flexibility index (Phi) is 5.43. The van der Waals surface area contributed by atoms with E-state index in [1.54, 1.807) is 0 Å². The topological polar surface area (TPSA) is 109 Å². The van der Waals surface area contributed by atoms with Gasteiger partial charge in [0.15, 0.2) is 6.29 Å². The Bertz CT molecular complexity index is 409. The van der Waals surface area contributed by atoms with Gasteiger partial charge in [0.2, 0.25) is 0 Å². The molecule has 7 heteroatoms. The van der Waals surface area contributed by atoms with Crippen molar-refractivity contribution in [3.05, 3.63) is 0 Å². The summed E-state index contributed by atoms with van der Waals surface area (Å²) in [5.41, 5.74) is -0.895. The summed E-state index contributed by atoms with van der Waals surface area (Å²) in [6.45, 7) is 9.48. The molecule has 2 rings (SSSR count). The molecular formula is C16H30O7. The Balaban J connectivity index is 2.11. The Morgan fingerprint density at radius 2 is 1.61 bits per heavy atom. The van der Waals surface area contributed by atoms with Gasteiger partial charge in [0.05, 0.1) is 23.9 Å². The first-order valence-corrected chi connectivity index (χ1v) is 8.15. The molecule has 0 spiro atoms. The lowest BCUT2D eigenvalue weighted by Crippen LogP contribution is -2.62. The molecule has 2 saturated heterocycles. The lowest BCUT2D eigenvalue weighted by atomic mass is 9.79. The minimum atomic E-state index is -1.44. The van der Waals surface area contributed by atoms with Crippen molar-refractivity contribution >= 4 is 0 Å². The first-order valence-electron chi connectivity index (χ1n) is 8.15. The van der Waals surface area contributed by atoms with E-state index in [9.17, 15) is 20.4 Å². The van der Waals surface area contributed by atoms with Gasteiger partial charge in [0, 0.05) is 0 Å². The normalized spacial score (nSPS) is 46.6. The van der Waals surface area contributed by atoms with Crippen LogP contribution in [0.3, 0.4) is 0 Å². The zero-order valence-electron chi connectivity index (χ0n) is 14.5. The highest BCUT2D eigenvalue weighted by Gasteiger charge is 2.50. The first kappa shape index (κ1) is 19.1. The SMILES string of the molecule is CC1CC(OC2OC(CO)C(O)C(O)C2O)C(C)(C)OC1(C)C. The minimum Gasteiger partial charge on any atom is -0.394 e. The second kappa shape index (κ2) is 6.55. The summed E-state index contributed by atoms with van der Waals surface area (Å²) in [6.07, 6.45) is -5.97. The Hall–Kier alpha value is -0.280. The zero-order chi connectivity index (χ0) is 17.6. The van der Waals surface area contributed by atoms with Crippen LogP contribution in [0.25, 0.3) is 0 Å². The molecule has 0 aromatic rings. The molecule has 7 nitrogen and oxygen atoms in total. The second-order valence-electron chi connectivity index (χ2n) is 7.77. The smallest absolute Gasteiger partial charge is 0.187 e. The summed E-state index contributed by atoms with van der Waals surface area (Å²) in [5, 5.41) is 39.0. The van der Waals surface area contributed by atoms with E-state index in [0.717, 1.165) is 0 Å². The van der Waals surface area contributed by atoms with Gasteiger partial charge in [-0.15, -0.1) is 0 Å². The van der Waals surface area contributed by atoms with Crippen LogP contribution in [0, 0.1) is 5.92 Å². The van der Waals surface area contributed by atoms with Crippen LogP contribution in [-0.2, 0) is 14.2 Å². The summed E-state index contributed by atoms with van der Waals surface area (Å²) in [7, 11) is 0. The minimum absolute atomic E-state index is 0.227. The second-order valence-corrected chi connectivity index (χ2v) is 7.77. The monoisotopic (exact) mass is 334 g/mol. The highest BCUT2D eigenvalue weighted by Crippen LogP contribution is 2.41. The fourth-order valence-electron chi connectivity index (χ4n) is 3.29. The van der Waals surface area contributed by atoms with E-state index in [1.807, 2.05) is 27.7 Å². The van der Waals surface area contributed by atoms with Gasteiger partial charge in [-0.2, -0.15) is 0 Å². The molecule has 2 aliphatic heterocycles. The van der Waals surface area contributed by atoms with Gasteiger partial charge < -0.3 is 34.6 Å². The number of ether oxygens (including phenoxy) is 3. The van der Waals surface area contributed by atoms with E-state index in [-0.39, 0.29) is 17.6 Å². The molecule has 0 aromatic heterocycles. The Labute approximate surface area is 137 Å². The highest BCUT2D eigenvalue weighted by molar-refractivity contribution is 4.96. The van der Waals surface area contributed by atoms with Crippen LogP contribution in [0.15, 0.2) is 0 Å². The van der Waals surface area contributed by atoms with Crippen LogP contribution in [-0.4, -0.2) is 75.0 Å². The fourth-order valence-corrected chi connectivity index (χ4v) is 3.29. The van der Waals surface area contributed by atoms with Crippen molar-refractivity contribution < 1.29 is 34.6 Å². The van der Waals surface area contributed by atoms with Crippen molar-refractivity contribution in [2.24, 2.45) is 5.92 Å². The zero-order valence-corrected chi connectivity index (χ0v) is 14.5. The van der Waals surface area contributed by atoms with E-state index >= 15 is 0 Å². The van der Waals surface area contributed by atoms with Gasteiger partial charge in [-0.25, -0.2) is 0 Å². The summed E-state index contributed by atoms with van der Waals surface area (Å²) >= 11 is 0. The van der Waals surface area contributed by atoms with Crippen LogP contribution in [0.5, 0.6) is 0 Å².